The molecule has 0 spiro atoms. The van der Waals surface area contributed by atoms with Crippen LogP contribution in [0, 0.1) is 0 Å². The number of carbonyl (C=O) groups is 1. The van der Waals surface area contributed by atoms with E-state index in [-0.39, 0.29) is 19.1 Å². The minimum atomic E-state index is -1.18. The van der Waals surface area contributed by atoms with Crippen LogP contribution < -0.4 is 5.32 Å². The average molecular weight is 422 g/mol. The minimum absolute atomic E-state index is 0.00414. The van der Waals surface area contributed by atoms with E-state index >= 15 is 0 Å². The Morgan fingerprint density at radius 1 is 1.00 bits per heavy atom. The van der Waals surface area contributed by atoms with Crippen molar-refractivity contribution in [2.45, 2.75) is 24.9 Å². The summed E-state index contributed by atoms with van der Waals surface area (Å²) in [5.74, 6) is 0.00414. The molecule has 1 unspecified atom stereocenters. The summed E-state index contributed by atoms with van der Waals surface area (Å²) in [6.07, 6.45) is -0.101. The lowest BCUT2D eigenvalue weighted by Crippen LogP contribution is -2.40. The summed E-state index contributed by atoms with van der Waals surface area (Å²) in [6, 6.07) is 23.4. The van der Waals surface area contributed by atoms with Gasteiger partial charge in [-0.1, -0.05) is 79.2 Å². The van der Waals surface area contributed by atoms with Crippen LogP contribution in [0.3, 0.4) is 0 Å². The normalized spacial score (nSPS) is 14.5. The minimum Gasteiger partial charge on any atom is -0.449 e. The summed E-state index contributed by atoms with van der Waals surface area (Å²) in [6.45, 7) is 2.17. The second-order valence-corrected chi connectivity index (χ2v) is 8.01. The fourth-order valence-corrected chi connectivity index (χ4v) is 4.19. The number of hydrogen-bond acceptors (Lipinski definition) is 3. The molecule has 0 heterocycles. The summed E-state index contributed by atoms with van der Waals surface area (Å²) in [4.78, 5) is 12.4. The standard InChI is InChI=1S/C25H24ClNO3/c1-2-25(29,17-11-13-18(26)14-12-17)16-27-24(28)30-15-23-21-9-5-3-7-19(21)20-8-4-6-10-22(20)23/h3-14,23,29H,2,15-16H2,1H3,(H,27,28). The van der Waals surface area contributed by atoms with Crippen LogP contribution in [0.5, 0.6) is 0 Å². The van der Waals surface area contributed by atoms with E-state index < -0.39 is 11.7 Å². The van der Waals surface area contributed by atoms with Crippen LogP contribution in [0.25, 0.3) is 11.1 Å². The summed E-state index contributed by atoms with van der Waals surface area (Å²) < 4.78 is 5.55. The zero-order chi connectivity index (χ0) is 21.1. The number of ether oxygens (including phenoxy) is 1. The monoisotopic (exact) mass is 421 g/mol. The Morgan fingerprint density at radius 2 is 1.57 bits per heavy atom. The van der Waals surface area contributed by atoms with E-state index in [1.165, 1.54) is 11.1 Å². The molecule has 1 aliphatic carbocycles. The molecule has 0 fully saturated rings. The number of halogens is 1. The van der Waals surface area contributed by atoms with Gasteiger partial charge in [0.05, 0.1) is 6.54 Å². The smallest absolute Gasteiger partial charge is 0.407 e. The van der Waals surface area contributed by atoms with Crippen molar-refractivity contribution >= 4 is 17.7 Å². The van der Waals surface area contributed by atoms with E-state index in [1.54, 1.807) is 24.3 Å². The zero-order valence-electron chi connectivity index (χ0n) is 16.8. The van der Waals surface area contributed by atoms with E-state index in [4.69, 9.17) is 16.3 Å². The fourth-order valence-electron chi connectivity index (χ4n) is 4.06. The molecule has 4 nitrogen and oxygen atoms in total. The van der Waals surface area contributed by atoms with Crippen LogP contribution in [0.1, 0.15) is 36.0 Å². The predicted octanol–water partition coefficient (Wildman–Crippen LogP) is 5.48. The number of benzene rings is 3. The SMILES string of the molecule is CCC(O)(CNC(=O)OCC1c2ccccc2-c2ccccc21)c1ccc(Cl)cc1. The van der Waals surface area contributed by atoms with Crippen molar-refractivity contribution < 1.29 is 14.6 Å². The van der Waals surface area contributed by atoms with E-state index in [0.29, 0.717) is 17.0 Å². The van der Waals surface area contributed by atoms with Crippen molar-refractivity contribution in [3.63, 3.8) is 0 Å². The molecule has 30 heavy (non-hydrogen) atoms. The van der Waals surface area contributed by atoms with Crippen LogP contribution in [0.15, 0.2) is 72.8 Å². The molecule has 1 aliphatic rings. The summed E-state index contributed by atoms with van der Waals surface area (Å²) in [5.41, 5.74) is 4.22. The van der Waals surface area contributed by atoms with Gasteiger partial charge >= 0.3 is 6.09 Å². The van der Waals surface area contributed by atoms with E-state index in [0.717, 1.165) is 11.1 Å². The quantitative estimate of drug-likeness (QED) is 0.554. The lowest BCUT2D eigenvalue weighted by atomic mass is 9.91. The maximum absolute atomic E-state index is 12.4. The van der Waals surface area contributed by atoms with Crippen LogP contribution in [0.2, 0.25) is 5.02 Å². The fraction of sp³-hybridized carbons (Fsp3) is 0.240. The molecule has 0 saturated heterocycles. The van der Waals surface area contributed by atoms with E-state index in [2.05, 4.69) is 29.6 Å². The number of aliphatic hydroxyl groups is 1. The summed E-state index contributed by atoms with van der Waals surface area (Å²) >= 11 is 5.94. The molecule has 0 aromatic heterocycles. The van der Waals surface area contributed by atoms with Gasteiger partial charge in [0.2, 0.25) is 0 Å². The molecular formula is C25H24ClNO3. The third kappa shape index (κ3) is 3.93. The first kappa shape index (κ1) is 20.5. The third-order valence-electron chi connectivity index (χ3n) is 5.84. The number of alkyl carbamates (subject to hydrolysis) is 1. The third-order valence-corrected chi connectivity index (χ3v) is 6.09. The largest absolute Gasteiger partial charge is 0.449 e. The highest BCUT2D eigenvalue weighted by Gasteiger charge is 2.30. The van der Waals surface area contributed by atoms with Gasteiger partial charge in [-0.2, -0.15) is 0 Å². The highest BCUT2D eigenvalue weighted by atomic mass is 35.5. The number of carbonyl (C=O) groups excluding carboxylic acids is 1. The maximum atomic E-state index is 12.4. The zero-order valence-corrected chi connectivity index (χ0v) is 17.5. The molecule has 3 aromatic carbocycles. The van der Waals surface area contributed by atoms with Crippen molar-refractivity contribution in [3.8, 4) is 11.1 Å². The van der Waals surface area contributed by atoms with Crippen molar-refractivity contribution in [1.29, 1.82) is 0 Å². The van der Waals surface area contributed by atoms with Gasteiger partial charge in [0.25, 0.3) is 0 Å². The van der Waals surface area contributed by atoms with Crippen molar-refractivity contribution in [2.75, 3.05) is 13.2 Å². The van der Waals surface area contributed by atoms with Gasteiger partial charge in [-0.3, -0.25) is 0 Å². The first-order valence-electron chi connectivity index (χ1n) is 10.1. The molecule has 2 N–H and O–H groups in total. The molecule has 0 bridgehead atoms. The molecular weight excluding hydrogens is 398 g/mol. The number of amides is 1. The lowest BCUT2D eigenvalue weighted by molar-refractivity contribution is 0.0308. The van der Waals surface area contributed by atoms with Gasteiger partial charge in [-0.05, 0) is 46.4 Å². The van der Waals surface area contributed by atoms with Gasteiger partial charge < -0.3 is 15.2 Å². The van der Waals surface area contributed by atoms with Gasteiger partial charge in [-0.15, -0.1) is 0 Å². The lowest BCUT2D eigenvalue weighted by Gasteiger charge is -2.27. The number of fused-ring (bicyclic) bond motifs is 3. The molecule has 0 saturated carbocycles. The predicted molar refractivity (Wildman–Crippen MR) is 119 cm³/mol. The molecule has 1 amide bonds. The second kappa shape index (κ2) is 8.50. The van der Waals surface area contributed by atoms with E-state index in [9.17, 15) is 9.90 Å². The average Bonchev–Trinajstić information content (AvgIpc) is 3.10. The van der Waals surface area contributed by atoms with Crippen LogP contribution in [0.4, 0.5) is 4.79 Å². The molecule has 3 aromatic rings. The van der Waals surface area contributed by atoms with Crippen molar-refractivity contribution in [2.24, 2.45) is 0 Å². The number of rotatable bonds is 6. The van der Waals surface area contributed by atoms with Crippen LogP contribution in [-0.4, -0.2) is 24.4 Å². The summed E-state index contributed by atoms with van der Waals surface area (Å²) in [5, 5.41) is 14.3. The Bertz CT molecular complexity index is 1000. The highest BCUT2D eigenvalue weighted by Crippen LogP contribution is 2.44. The molecule has 5 heteroatoms. The molecule has 0 aliphatic heterocycles. The number of nitrogens with one attached hydrogen (secondary N) is 1. The first-order valence-corrected chi connectivity index (χ1v) is 10.5. The molecule has 4 rings (SSSR count). The Labute approximate surface area is 181 Å². The highest BCUT2D eigenvalue weighted by molar-refractivity contribution is 6.30. The van der Waals surface area contributed by atoms with Gasteiger partial charge in [-0.25, -0.2) is 4.79 Å². The molecule has 154 valence electrons. The van der Waals surface area contributed by atoms with Gasteiger partial charge in [0.15, 0.2) is 0 Å². The molecule has 1 atom stereocenters. The first-order chi connectivity index (χ1) is 14.5. The van der Waals surface area contributed by atoms with Crippen LogP contribution in [-0.2, 0) is 10.3 Å². The Hall–Kier alpha value is -2.82. The van der Waals surface area contributed by atoms with E-state index in [1.807, 2.05) is 31.2 Å². The molecule has 0 radical (unpaired) electrons. The topological polar surface area (TPSA) is 58.6 Å². The second-order valence-electron chi connectivity index (χ2n) is 7.57. The Morgan fingerprint density at radius 3 is 2.13 bits per heavy atom. The van der Waals surface area contributed by atoms with Gasteiger partial charge in [0.1, 0.15) is 12.2 Å². The Balaban J connectivity index is 1.41. The van der Waals surface area contributed by atoms with Crippen LogP contribution >= 0.6 is 11.6 Å². The van der Waals surface area contributed by atoms with Gasteiger partial charge in [0, 0.05) is 10.9 Å². The number of hydrogen-bond donors (Lipinski definition) is 2. The van der Waals surface area contributed by atoms with Crippen molar-refractivity contribution in [3.05, 3.63) is 94.5 Å². The summed E-state index contributed by atoms with van der Waals surface area (Å²) in [7, 11) is 0. The maximum Gasteiger partial charge on any atom is 0.407 e. The van der Waals surface area contributed by atoms with Crippen molar-refractivity contribution in [1.82, 2.24) is 5.32 Å². The Kier molecular flexibility index (Phi) is 5.80.